The summed E-state index contributed by atoms with van der Waals surface area (Å²) >= 11 is 0. The number of aromatic nitrogens is 1. The zero-order valence-electron chi connectivity index (χ0n) is 16.0. The van der Waals surface area contributed by atoms with Crippen molar-refractivity contribution < 1.29 is 17.3 Å². The van der Waals surface area contributed by atoms with Crippen LogP contribution < -0.4 is 4.18 Å². The van der Waals surface area contributed by atoms with Crippen molar-refractivity contribution in [3.63, 3.8) is 0 Å². The van der Waals surface area contributed by atoms with Crippen molar-refractivity contribution in [3.8, 4) is 5.88 Å². The van der Waals surface area contributed by atoms with Crippen LogP contribution >= 0.6 is 0 Å². The van der Waals surface area contributed by atoms with Crippen LogP contribution in [0.4, 0.5) is 0 Å². The van der Waals surface area contributed by atoms with Gasteiger partial charge in [0.1, 0.15) is 16.3 Å². The summed E-state index contributed by atoms with van der Waals surface area (Å²) in [7, 11) is -4.02. The van der Waals surface area contributed by atoms with Crippen LogP contribution in [0.2, 0.25) is 0 Å². The molecule has 0 radical (unpaired) electrons. The van der Waals surface area contributed by atoms with E-state index in [1.54, 1.807) is 18.2 Å². The van der Waals surface area contributed by atoms with Crippen LogP contribution in [0.5, 0.6) is 5.88 Å². The van der Waals surface area contributed by atoms with Gasteiger partial charge in [0.05, 0.1) is 6.61 Å². The number of fused-ring (bicyclic) bond motifs is 1. The highest BCUT2D eigenvalue weighted by atomic mass is 32.2. The summed E-state index contributed by atoms with van der Waals surface area (Å²) in [5, 5.41) is 1.39. The highest BCUT2D eigenvalue weighted by molar-refractivity contribution is 7.87. The molecule has 28 heavy (non-hydrogen) atoms. The maximum absolute atomic E-state index is 12.7. The molecule has 0 N–H and O–H groups in total. The van der Waals surface area contributed by atoms with Gasteiger partial charge in [0.2, 0.25) is 5.88 Å². The zero-order valence-corrected chi connectivity index (χ0v) is 16.8. The molecule has 6 heteroatoms. The van der Waals surface area contributed by atoms with Crippen LogP contribution in [0.1, 0.15) is 31.0 Å². The molecule has 3 aromatic rings. The Hall–Kier alpha value is -2.86. The molecule has 1 aromatic heterocycles. The first-order valence-electron chi connectivity index (χ1n) is 9.13. The molecule has 0 fully saturated rings. The van der Waals surface area contributed by atoms with Gasteiger partial charge in [-0.05, 0) is 43.0 Å². The normalized spacial score (nSPS) is 11.4. The molecule has 0 atom stereocenters. The molecule has 2 aromatic carbocycles. The van der Waals surface area contributed by atoms with Crippen molar-refractivity contribution in [1.29, 1.82) is 0 Å². The zero-order chi connectivity index (χ0) is 20.1. The van der Waals surface area contributed by atoms with Crippen LogP contribution in [-0.4, -0.2) is 20.0 Å². The summed E-state index contributed by atoms with van der Waals surface area (Å²) in [5.74, 6) is 0.394. The standard InChI is InChI=1S/C22H23NO4S/c1-4-5-14-26-17(3)21-15-18-8-6-7-9-20(18)22(23-21)27-28(24,25)19-12-10-16(2)11-13-19/h6-13,15H,3-5,14H2,1-2H3. The largest absolute Gasteiger partial charge is 0.492 e. The average Bonchev–Trinajstić information content (AvgIpc) is 2.68. The molecule has 1 heterocycles. The molecule has 3 rings (SSSR count). The molecule has 0 amide bonds. The molecule has 0 aliphatic carbocycles. The Kier molecular flexibility index (Phi) is 5.99. The number of aryl methyl sites for hydroxylation is 1. The molecule has 5 nitrogen and oxygen atoms in total. The molecule has 0 spiro atoms. The third-order valence-corrected chi connectivity index (χ3v) is 5.49. The third-order valence-electron chi connectivity index (χ3n) is 4.26. The topological polar surface area (TPSA) is 65.5 Å². The number of benzene rings is 2. The van der Waals surface area contributed by atoms with Crippen molar-refractivity contribution in [2.75, 3.05) is 6.61 Å². The summed E-state index contributed by atoms with van der Waals surface area (Å²) in [6, 6.07) is 15.6. The van der Waals surface area contributed by atoms with E-state index in [0.29, 0.717) is 23.4 Å². The number of hydrogen-bond donors (Lipinski definition) is 0. The Morgan fingerprint density at radius 1 is 1.11 bits per heavy atom. The number of rotatable bonds is 8. The Labute approximate surface area is 165 Å². The lowest BCUT2D eigenvalue weighted by atomic mass is 10.1. The molecule has 146 valence electrons. The minimum Gasteiger partial charge on any atom is -0.492 e. The lowest BCUT2D eigenvalue weighted by Crippen LogP contribution is -2.11. The predicted molar refractivity (Wildman–Crippen MR) is 111 cm³/mol. The monoisotopic (exact) mass is 397 g/mol. The van der Waals surface area contributed by atoms with Gasteiger partial charge >= 0.3 is 10.1 Å². The van der Waals surface area contributed by atoms with Gasteiger partial charge < -0.3 is 8.92 Å². The van der Waals surface area contributed by atoms with Crippen molar-refractivity contribution >= 4 is 26.6 Å². The number of unbranched alkanes of at least 4 members (excludes halogenated alkanes) is 1. The smallest absolute Gasteiger partial charge is 0.340 e. The first kappa shape index (κ1) is 19.9. The fourth-order valence-corrected chi connectivity index (χ4v) is 3.54. The van der Waals surface area contributed by atoms with Crippen LogP contribution in [0, 0.1) is 6.92 Å². The highest BCUT2D eigenvalue weighted by Crippen LogP contribution is 2.29. The Morgan fingerprint density at radius 3 is 2.54 bits per heavy atom. The van der Waals surface area contributed by atoms with E-state index in [9.17, 15) is 8.42 Å². The van der Waals surface area contributed by atoms with Gasteiger partial charge in [-0.1, -0.05) is 55.8 Å². The maximum Gasteiger partial charge on any atom is 0.340 e. The molecule has 0 aliphatic heterocycles. The summed E-state index contributed by atoms with van der Waals surface area (Å²) in [4.78, 5) is 4.46. The molecule has 0 bridgehead atoms. The van der Waals surface area contributed by atoms with E-state index < -0.39 is 10.1 Å². The van der Waals surface area contributed by atoms with Crippen LogP contribution in [0.25, 0.3) is 16.5 Å². The van der Waals surface area contributed by atoms with Crippen molar-refractivity contribution in [2.45, 2.75) is 31.6 Å². The second-order valence-electron chi connectivity index (χ2n) is 6.51. The van der Waals surface area contributed by atoms with Crippen LogP contribution in [0.3, 0.4) is 0 Å². The third kappa shape index (κ3) is 4.51. The summed E-state index contributed by atoms with van der Waals surface area (Å²) < 4.78 is 36.5. The Morgan fingerprint density at radius 2 is 1.82 bits per heavy atom. The summed E-state index contributed by atoms with van der Waals surface area (Å²) in [6.45, 7) is 8.41. The predicted octanol–water partition coefficient (Wildman–Crippen LogP) is 5.10. The molecule has 0 saturated heterocycles. The number of hydrogen-bond acceptors (Lipinski definition) is 5. The van der Waals surface area contributed by atoms with Gasteiger partial charge in [-0.15, -0.1) is 0 Å². The van der Waals surface area contributed by atoms with E-state index >= 15 is 0 Å². The maximum atomic E-state index is 12.7. The van der Waals surface area contributed by atoms with E-state index in [0.717, 1.165) is 23.8 Å². The van der Waals surface area contributed by atoms with Gasteiger partial charge in [-0.25, -0.2) is 4.98 Å². The fourth-order valence-electron chi connectivity index (χ4n) is 2.64. The summed E-state index contributed by atoms with van der Waals surface area (Å²) in [6.07, 6.45) is 1.90. The summed E-state index contributed by atoms with van der Waals surface area (Å²) in [5.41, 5.74) is 1.41. The van der Waals surface area contributed by atoms with Gasteiger partial charge in [-0.3, -0.25) is 0 Å². The number of pyridine rings is 1. The lowest BCUT2D eigenvalue weighted by molar-refractivity contribution is 0.270. The molecule has 0 unspecified atom stereocenters. The van der Waals surface area contributed by atoms with Crippen molar-refractivity contribution in [3.05, 3.63) is 72.4 Å². The van der Waals surface area contributed by atoms with E-state index in [-0.39, 0.29) is 10.8 Å². The van der Waals surface area contributed by atoms with Crippen molar-refractivity contribution in [1.82, 2.24) is 4.98 Å². The minimum absolute atomic E-state index is 0.00826. The SMILES string of the molecule is C=C(OCCCC)c1cc2ccccc2c(OS(=O)(=O)c2ccc(C)cc2)n1. The Balaban J connectivity index is 1.99. The van der Waals surface area contributed by atoms with E-state index in [1.165, 1.54) is 12.1 Å². The van der Waals surface area contributed by atoms with Crippen LogP contribution in [-0.2, 0) is 14.9 Å². The fraction of sp³-hybridized carbons (Fsp3) is 0.227. The quantitative estimate of drug-likeness (QED) is 0.301. The molecular weight excluding hydrogens is 374 g/mol. The van der Waals surface area contributed by atoms with Crippen LogP contribution in [0.15, 0.2) is 66.1 Å². The number of ether oxygens (including phenoxy) is 1. The first-order valence-corrected chi connectivity index (χ1v) is 10.5. The molecule has 0 saturated carbocycles. The first-order chi connectivity index (χ1) is 13.4. The highest BCUT2D eigenvalue weighted by Gasteiger charge is 2.20. The second kappa shape index (κ2) is 8.44. The van der Waals surface area contributed by atoms with Crippen molar-refractivity contribution in [2.24, 2.45) is 0 Å². The molecular formula is C22H23NO4S. The number of nitrogens with zero attached hydrogens (tertiary/aromatic N) is 1. The minimum atomic E-state index is -4.02. The molecule has 0 aliphatic rings. The van der Waals surface area contributed by atoms with Gasteiger partial charge in [-0.2, -0.15) is 8.42 Å². The van der Waals surface area contributed by atoms with Gasteiger partial charge in [0.15, 0.2) is 0 Å². The second-order valence-corrected chi connectivity index (χ2v) is 8.06. The van der Waals surface area contributed by atoms with E-state index in [2.05, 4.69) is 18.5 Å². The average molecular weight is 397 g/mol. The van der Waals surface area contributed by atoms with Gasteiger partial charge in [0, 0.05) is 5.39 Å². The lowest BCUT2D eigenvalue weighted by Gasteiger charge is -2.13. The van der Waals surface area contributed by atoms with E-state index in [1.807, 2.05) is 31.2 Å². The van der Waals surface area contributed by atoms with Gasteiger partial charge in [0.25, 0.3) is 0 Å². The van der Waals surface area contributed by atoms with E-state index in [4.69, 9.17) is 8.92 Å². The Bertz CT molecular complexity index is 1090.